The van der Waals surface area contributed by atoms with Crippen LogP contribution in [0.3, 0.4) is 0 Å². The lowest BCUT2D eigenvalue weighted by Crippen LogP contribution is -2.27. The van der Waals surface area contributed by atoms with Gasteiger partial charge in [0.15, 0.2) is 0 Å². The molecule has 154 valence electrons. The van der Waals surface area contributed by atoms with Crippen LogP contribution in [-0.2, 0) is 9.59 Å². The van der Waals surface area contributed by atoms with E-state index < -0.39 is 5.41 Å². The number of benzene rings is 2. The summed E-state index contributed by atoms with van der Waals surface area (Å²) in [5.41, 5.74) is 2.04. The van der Waals surface area contributed by atoms with E-state index in [1.807, 2.05) is 33.8 Å². The van der Waals surface area contributed by atoms with Gasteiger partial charge in [-0.2, -0.15) is 0 Å². The zero-order chi connectivity index (χ0) is 21.4. The number of amides is 3. The van der Waals surface area contributed by atoms with E-state index in [9.17, 15) is 14.4 Å². The summed E-state index contributed by atoms with van der Waals surface area (Å²) in [6, 6.07) is 13.9. The fraction of sp³-hybridized carbons (Fsp3) is 0.318. The van der Waals surface area contributed by atoms with Gasteiger partial charge in [-0.3, -0.25) is 14.4 Å². The molecule has 0 aliphatic carbocycles. The molecule has 0 fully saturated rings. The fourth-order valence-corrected chi connectivity index (χ4v) is 2.38. The maximum Gasteiger partial charge on any atom is 0.251 e. The second-order valence-corrected chi connectivity index (χ2v) is 7.62. The Hall–Kier alpha value is -3.35. The highest BCUT2D eigenvalue weighted by molar-refractivity contribution is 5.97. The average molecular weight is 396 g/mol. The van der Waals surface area contributed by atoms with E-state index in [4.69, 9.17) is 0 Å². The first-order valence-electron chi connectivity index (χ1n) is 9.52. The lowest BCUT2D eigenvalue weighted by Gasteiger charge is -2.18. The van der Waals surface area contributed by atoms with E-state index in [2.05, 4.69) is 21.3 Å². The zero-order valence-corrected chi connectivity index (χ0v) is 17.3. The second kappa shape index (κ2) is 9.73. The maximum absolute atomic E-state index is 12.2. The highest BCUT2D eigenvalue weighted by atomic mass is 16.2. The van der Waals surface area contributed by atoms with Gasteiger partial charge < -0.3 is 21.3 Å². The molecular weight excluding hydrogens is 368 g/mol. The summed E-state index contributed by atoms with van der Waals surface area (Å²) in [7, 11) is 0. The van der Waals surface area contributed by atoms with E-state index in [1.165, 1.54) is 0 Å². The van der Waals surface area contributed by atoms with Gasteiger partial charge in [-0.1, -0.05) is 26.8 Å². The summed E-state index contributed by atoms with van der Waals surface area (Å²) < 4.78 is 0. The molecule has 0 spiro atoms. The van der Waals surface area contributed by atoms with Crippen LogP contribution in [0.5, 0.6) is 0 Å². The van der Waals surface area contributed by atoms with Crippen molar-refractivity contribution in [1.29, 1.82) is 0 Å². The number of hydrogen-bond acceptors (Lipinski definition) is 4. The number of nitrogens with one attached hydrogen (secondary N) is 4. The van der Waals surface area contributed by atoms with Crippen LogP contribution < -0.4 is 21.3 Å². The van der Waals surface area contributed by atoms with Crippen molar-refractivity contribution in [2.24, 2.45) is 5.41 Å². The van der Waals surface area contributed by atoms with E-state index >= 15 is 0 Å². The molecule has 0 aliphatic rings. The molecule has 7 nitrogen and oxygen atoms in total. The van der Waals surface area contributed by atoms with Gasteiger partial charge in [0.05, 0.1) is 6.54 Å². The Morgan fingerprint density at radius 2 is 1.52 bits per heavy atom. The Labute approximate surface area is 171 Å². The van der Waals surface area contributed by atoms with Gasteiger partial charge in [0.1, 0.15) is 0 Å². The predicted molar refractivity (Wildman–Crippen MR) is 116 cm³/mol. The smallest absolute Gasteiger partial charge is 0.251 e. The number of carbonyl (C=O) groups excluding carboxylic acids is 3. The topological polar surface area (TPSA) is 99.3 Å². The summed E-state index contributed by atoms with van der Waals surface area (Å²) in [5.74, 6) is -0.450. The maximum atomic E-state index is 12.2. The Morgan fingerprint density at radius 1 is 0.862 bits per heavy atom. The highest BCUT2D eigenvalue weighted by Crippen LogP contribution is 2.20. The molecule has 0 radical (unpaired) electrons. The van der Waals surface area contributed by atoms with Crippen LogP contribution in [0, 0.1) is 5.41 Å². The molecule has 0 atom stereocenters. The molecule has 3 amide bonds. The van der Waals surface area contributed by atoms with E-state index in [1.54, 1.807) is 42.5 Å². The van der Waals surface area contributed by atoms with Crippen LogP contribution in [0.25, 0.3) is 0 Å². The van der Waals surface area contributed by atoms with Crippen molar-refractivity contribution in [2.75, 3.05) is 29.0 Å². The third-order valence-electron chi connectivity index (χ3n) is 4.02. The van der Waals surface area contributed by atoms with Crippen LogP contribution in [0.2, 0.25) is 0 Å². The molecule has 2 aromatic carbocycles. The third-order valence-corrected chi connectivity index (χ3v) is 4.02. The summed E-state index contributed by atoms with van der Waals surface area (Å²) in [4.78, 5) is 36.0. The first kappa shape index (κ1) is 21.9. The monoisotopic (exact) mass is 396 g/mol. The van der Waals surface area contributed by atoms with Crippen LogP contribution in [-0.4, -0.2) is 30.8 Å². The van der Waals surface area contributed by atoms with Crippen molar-refractivity contribution in [3.05, 3.63) is 54.1 Å². The normalized spacial score (nSPS) is 10.8. The largest absolute Gasteiger partial charge is 0.376 e. The van der Waals surface area contributed by atoms with Gasteiger partial charge in [-0.25, -0.2) is 0 Å². The minimum Gasteiger partial charge on any atom is -0.376 e. The molecule has 0 saturated carbocycles. The van der Waals surface area contributed by atoms with E-state index in [0.717, 1.165) is 5.69 Å². The Kier molecular flexibility index (Phi) is 7.36. The average Bonchev–Trinajstić information content (AvgIpc) is 2.67. The van der Waals surface area contributed by atoms with Crippen molar-refractivity contribution in [2.45, 2.75) is 27.7 Å². The van der Waals surface area contributed by atoms with E-state index in [-0.39, 0.29) is 24.3 Å². The molecule has 7 heteroatoms. The number of hydrogen-bond donors (Lipinski definition) is 4. The summed E-state index contributed by atoms with van der Waals surface area (Å²) in [6.07, 6.45) is 0. The lowest BCUT2D eigenvalue weighted by atomic mass is 9.95. The Bertz CT molecular complexity index is 870. The minimum absolute atomic E-state index is 0.0642. The summed E-state index contributed by atoms with van der Waals surface area (Å²) in [5, 5.41) is 11.4. The number of anilines is 3. The van der Waals surface area contributed by atoms with Crippen LogP contribution >= 0.6 is 0 Å². The predicted octanol–water partition coefficient (Wildman–Crippen LogP) is 3.47. The van der Waals surface area contributed by atoms with Crippen molar-refractivity contribution in [3.8, 4) is 0 Å². The molecule has 0 aliphatic heterocycles. The minimum atomic E-state index is -0.490. The molecule has 2 aromatic rings. The summed E-state index contributed by atoms with van der Waals surface area (Å²) >= 11 is 0. The molecular formula is C22H28N4O3. The molecule has 0 saturated heterocycles. The van der Waals surface area contributed by atoms with Crippen molar-refractivity contribution in [3.63, 3.8) is 0 Å². The molecule has 0 aromatic heterocycles. The van der Waals surface area contributed by atoms with Crippen molar-refractivity contribution in [1.82, 2.24) is 5.32 Å². The SMILES string of the molecule is CCNC(=O)c1ccc(NC(=O)CNc2cccc(NC(=O)C(C)(C)C)c2)cc1. The molecule has 2 rings (SSSR count). The first-order chi connectivity index (χ1) is 13.7. The van der Waals surface area contributed by atoms with Gasteiger partial charge in [0.2, 0.25) is 11.8 Å². The zero-order valence-electron chi connectivity index (χ0n) is 17.3. The summed E-state index contributed by atoms with van der Waals surface area (Å²) in [6.45, 7) is 8.01. The van der Waals surface area contributed by atoms with Crippen molar-refractivity contribution >= 4 is 34.8 Å². The van der Waals surface area contributed by atoms with Gasteiger partial charge in [0, 0.05) is 34.6 Å². The van der Waals surface area contributed by atoms with Gasteiger partial charge in [-0.15, -0.1) is 0 Å². The van der Waals surface area contributed by atoms with E-state index in [0.29, 0.717) is 23.5 Å². The van der Waals surface area contributed by atoms with Crippen LogP contribution in [0.4, 0.5) is 17.1 Å². The molecule has 4 N–H and O–H groups in total. The van der Waals surface area contributed by atoms with Gasteiger partial charge in [-0.05, 0) is 49.4 Å². The lowest BCUT2D eigenvalue weighted by molar-refractivity contribution is -0.123. The van der Waals surface area contributed by atoms with Crippen molar-refractivity contribution < 1.29 is 14.4 Å². The molecule has 0 heterocycles. The molecule has 0 bridgehead atoms. The fourth-order valence-electron chi connectivity index (χ4n) is 2.38. The van der Waals surface area contributed by atoms with Crippen LogP contribution in [0.1, 0.15) is 38.1 Å². The molecule has 29 heavy (non-hydrogen) atoms. The highest BCUT2D eigenvalue weighted by Gasteiger charge is 2.21. The number of carbonyl (C=O) groups is 3. The second-order valence-electron chi connectivity index (χ2n) is 7.62. The standard InChI is InChI=1S/C22H28N4O3/c1-5-23-20(28)15-9-11-16(12-10-15)25-19(27)14-24-17-7-6-8-18(13-17)26-21(29)22(2,3)4/h6-13,24H,5,14H2,1-4H3,(H,23,28)(H,25,27)(H,26,29). The van der Waals surface area contributed by atoms with Crippen LogP contribution in [0.15, 0.2) is 48.5 Å². The third kappa shape index (κ3) is 6.95. The van der Waals surface area contributed by atoms with Gasteiger partial charge >= 0.3 is 0 Å². The first-order valence-corrected chi connectivity index (χ1v) is 9.52. The molecule has 0 unspecified atom stereocenters. The Balaban J connectivity index is 1.88. The number of rotatable bonds is 7. The van der Waals surface area contributed by atoms with Gasteiger partial charge in [0.25, 0.3) is 5.91 Å². The quantitative estimate of drug-likeness (QED) is 0.576. The Morgan fingerprint density at radius 3 is 2.14 bits per heavy atom.